The minimum absolute atomic E-state index is 0.0555. The normalized spacial score (nSPS) is 11.4. The van der Waals surface area contributed by atoms with Gasteiger partial charge in [-0.3, -0.25) is 9.79 Å². The number of hydrogen-bond acceptors (Lipinski definition) is 2. The molecule has 0 bridgehead atoms. The summed E-state index contributed by atoms with van der Waals surface area (Å²) in [7, 11) is 0. The Balaban J connectivity index is 3.52. The Morgan fingerprint density at radius 1 is 1.29 bits per heavy atom. The Labute approximate surface area is 86.0 Å². The second kappa shape index (κ2) is 8.53. The highest BCUT2D eigenvalue weighted by Gasteiger charge is 1.98. The number of carbonyl (C=O) groups is 1. The molecule has 4 heteroatoms. The highest BCUT2D eigenvalue weighted by Crippen LogP contribution is 1.89. The Morgan fingerprint density at radius 3 is 2.57 bits per heavy atom. The van der Waals surface area contributed by atoms with E-state index in [9.17, 15) is 4.79 Å². The molecule has 0 aromatic heterocycles. The number of nitrogens with zero attached hydrogens (tertiary/aromatic N) is 1. The zero-order valence-corrected chi connectivity index (χ0v) is 9.18. The monoisotopic (exact) mass is 199 g/mol. The lowest BCUT2D eigenvalue weighted by atomic mass is 10.3. The van der Waals surface area contributed by atoms with E-state index in [1.54, 1.807) is 0 Å². The van der Waals surface area contributed by atoms with E-state index in [0.29, 0.717) is 18.8 Å². The van der Waals surface area contributed by atoms with Crippen molar-refractivity contribution >= 4 is 11.7 Å². The number of rotatable bonds is 7. The Hall–Kier alpha value is -1.06. The van der Waals surface area contributed by atoms with E-state index in [1.165, 1.54) is 0 Å². The van der Waals surface area contributed by atoms with Crippen LogP contribution in [0.3, 0.4) is 0 Å². The van der Waals surface area contributed by atoms with Crippen LogP contribution in [0.25, 0.3) is 0 Å². The summed E-state index contributed by atoms with van der Waals surface area (Å²) in [5.74, 6) is 0.704. The van der Waals surface area contributed by atoms with Gasteiger partial charge in [0.1, 0.15) is 0 Å². The van der Waals surface area contributed by atoms with E-state index < -0.39 is 0 Å². The molecular weight excluding hydrogens is 178 g/mol. The van der Waals surface area contributed by atoms with Crippen LogP contribution in [-0.2, 0) is 4.79 Å². The molecule has 0 atom stereocenters. The van der Waals surface area contributed by atoms with Crippen LogP contribution in [0.2, 0.25) is 0 Å². The quantitative estimate of drug-likeness (QED) is 0.475. The van der Waals surface area contributed by atoms with E-state index in [2.05, 4.69) is 17.2 Å². The predicted octanol–water partition coefficient (Wildman–Crippen LogP) is 1.06. The third-order valence-electron chi connectivity index (χ3n) is 1.73. The molecule has 1 amide bonds. The van der Waals surface area contributed by atoms with Gasteiger partial charge < -0.3 is 11.1 Å². The Kier molecular flexibility index (Phi) is 7.89. The first-order valence-corrected chi connectivity index (χ1v) is 5.26. The smallest absolute Gasteiger partial charge is 0.221 e. The Bertz CT molecular complexity index is 190. The molecule has 0 unspecified atom stereocenters. The number of amides is 1. The number of carbonyl (C=O) groups excluding carboxylic acids is 1. The van der Waals surface area contributed by atoms with Crippen LogP contribution >= 0.6 is 0 Å². The molecule has 0 heterocycles. The van der Waals surface area contributed by atoms with Gasteiger partial charge in [0.15, 0.2) is 0 Å². The van der Waals surface area contributed by atoms with Crippen LogP contribution in [0.4, 0.5) is 0 Å². The van der Waals surface area contributed by atoms with Crippen LogP contribution in [-0.4, -0.2) is 24.8 Å². The highest BCUT2D eigenvalue weighted by molar-refractivity contribution is 5.81. The fourth-order valence-electron chi connectivity index (χ4n) is 0.989. The lowest BCUT2D eigenvalue weighted by molar-refractivity contribution is -0.120. The van der Waals surface area contributed by atoms with E-state index in [0.717, 1.165) is 25.8 Å². The SMILES string of the molecule is CCCNC(=O)CCN=C(N)CCC. The average molecular weight is 199 g/mol. The topological polar surface area (TPSA) is 67.5 Å². The standard InChI is InChI=1S/C10H21N3O/c1-3-5-9(11)12-8-6-10(14)13-7-4-2/h3-8H2,1-2H3,(H2,11,12)(H,13,14). The fraction of sp³-hybridized carbons (Fsp3) is 0.800. The molecule has 3 N–H and O–H groups in total. The van der Waals surface area contributed by atoms with Crippen molar-refractivity contribution < 1.29 is 4.79 Å². The first-order valence-electron chi connectivity index (χ1n) is 5.26. The molecule has 0 spiro atoms. The van der Waals surface area contributed by atoms with Crippen LogP contribution < -0.4 is 11.1 Å². The number of nitrogens with two attached hydrogens (primary N) is 1. The third-order valence-corrected chi connectivity index (χ3v) is 1.73. The van der Waals surface area contributed by atoms with E-state index in [1.807, 2.05) is 6.92 Å². The first-order chi connectivity index (χ1) is 6.70. The molecule has 0 radical (unpaired) electrons. The van der Waals surface area contributed by atoms with Gasteiger partial charge in [0, 0.05) is 25.9 Å². The molecule has 0 aliphatic rings. The molecule has 0 aromatic rings. The maximum Gasteiger partial charge on any atom is 0.221 e. The zero-order chi connectivity index (χ0) is 10.8. The number of hydrogen-bond donors (Lipinski definition) is 2. The second-order valence-corrected chi connectivity index (χ2v) is 3.22. The molecule has 0 aliphatic heterocycles. The summed E-state index contributed by atoms with van der Waals surface area (Å²) in [5.41, 5.74) is 5.59. The molecule has 0 fully saturated rings. The molecule has 0 aromatic carbocycles. The van der Waals surface area contributed by atoms with Crippen LogP contribution in [0.5, 0.6) is 0 Å². The van der Waals surface area contributed by atoms with Gasteiger partial charge in [0.05, 0.1) is 5.84 Å². The van der Waals surface area contributed by atoms with Gasteiger partial charge >= 0.3 is 0 Å². The number of aliphatic imine (C=N–C) groups is 1. The summed E-state index contributed by atoms with van der Waals surface area (Å²) in [6.07, 6.45) is 3.21. The molecule has 0 saturated heterocycles. The van der Waals surface area contributed by atoms with Gasteiger partial charge in [0.25, 0.3) is 0 Å². The van der Waals surface area contributed by atoms with Crippen molar-refractivity contribution in [2.75, 3.05) is 13.1 Å². The molecule has 14 heavy (non-hydrogen) atoms. The van der Waals surface area contributed by atoms with Crippen molar-refractivity contribution in [2.24, 2.45) is 10.7 Å². The maximum atomic E-state index is 11.1. The summed E-state index contributed by atoms with van der Waals surface area (Å²) >= 11 is 0. The van der Waals surface area contributed by atoms with Gasteiger partial charge in [-0.2, -0.15) is 0 Å². The molecule has 0 saturated carbocycles. The van der Waals surface area contributed by atoms with Crippen LogP contribution in [0, 0.1) is 0 Å². The summed E-state index contributed by atoms with van der Waals surface area (Å²) < 4.78 is 0. The summed E-state index contributed by atoms with van der Waals surface area (Å²) in [6, 6.07) is 0. The summed E-state index contributed by atoms with van der Waals surface area (Å²) in [5, 5.41) is 2.79. The molecule has 0 rings (SSSR count). The predicted molar refractivity (Wildman–Crippen MR) is 59.3 cm³/mol. The van der Waals surface area contributed by atoms with Crippen molar-refractivity contribution in [3.05, 3.63) is 0 Å². The number of nitrogens with one attached hydrogen (secondary N) is 1. The second-order valence-electron chi connectivity index (χ2n) is 3.22. The third kappa shape index (κ3) is 7.58. The average Bonchev–Trinajstić information content (AvgIpc) is 2.15. The zero-order valence-electron chi connectivity index (χ0n) is 9.18. The van der Waals surface area contributed by atoms with Gasteiger partial charge in [-0.25, -0.2) is 0 Å². The van der Waals surface area contributed by atoms with Crippen LogP contribution in [0.1, 0.15) is 39.5 Å². The van der Waals surface area contributed by atoms with Crippen molar-refractivity contribution in [3.8, 4) is 0 Å². The summed E-state index contributed by atoms with van der Waals surface area (Å²) in [4.78, 5) is 15.2. The van der Waals surface area contributed by atoms with E-state index in [-0.39, 0.29) is 5.91 Å². The van der Waals surface area contributed by atoms with Crippen molar-refractivity contribution in [2.45, 2.75) is 39.5 Å². The number of amidine groups is 1. The van der Waals surface area contributed by atoms with Crippen molar-refractivity contribution in [1.82, 2.24) is 5.32 Å². The lowest BCUT2D eigenvalue weighted by Crippen LogP contribution is -2.24. The van der Waals surface area contributed by atoms with Gasteiger partial charge in [0.2, 0.25) is 5.91 Å². The molecule has 0 aliphatic carbocycles. The van der Waals surface area contributed by atoms with Gasteiger partial charge in [-0.15, -0.1) is 0 Å². The van der Waals surface area contributed by atoms with E-state index >= 15 is 0 Å². The van der Waals surface area contributed by atoms with E-state index in [4.69, 9.17) is 5.73 Å². The minimum Gasteiger partial charge on any atom is -0.387 e. The summed E-state index contributed by atoms with van der Waals surface area (Å²) in [6.45, 7) is 5.32. The van der Waals surface area contributed by atoms with Crippen molar-refractivity contribution in [1.29, 1.82) is 0 Å². The largest absolute Gasteiger partial charge is 0.387 e. The fourth-order valence-corrected chi connectivity index (χ4v) is 0.989. The van der Waals surface area contributed by atoms with Crippen molar-refractivity contribution in [3.63, 3.8) is 0 Å². The molecular formula is C10H21N3O. The lowest BCUT2D eigenvalue weighted by Gasteiger charge is -2.01. The highest BCUT2D eigenvalue weighted by atomic mass is 16.1. The molecule has 4 nitrogen and oxygen atoms in total. The van der Waals surface area contributed by atoms with Gasteiger partial charge in [-0.05, 0) is 12.8 Å². The Morgan fingerprint density at radius 2 is 2.00 bits per heavy atom. The molecule has 82 valence electrons. The maximum absolute atomic E-state index is 11.1. The first kappa shape index (κ1) is 12.9. The minimum atomic E-state index is 0.0555. The van der Waals surface area contributed by atoms with Gasteiger partial charge in [-0.1, -0.05) is 13.8 Å². The van der Waals surface area contributed by atoms with Crippen LogP contribution in [0.15, 0.2) is 4.99 Å².